The van der Waals surface area contributed by atoms with Crippen molar-refractivity contribution < 1.29 is 14.3 Å². The average molecular weight is 293 g/mol. The molecular weight excluding hydrogens is 278 g/mol. The molecule has 3 rings (SSSR count). The molecule has 0 amide bonds. The summed E-state index contributed by atoms with van der Waals surface area (Å²) in [4.78, 5) is 33.2. The Morgan fingerprint density at radius 2 is 2.29 bits per heavy atom. The van der Waals surface area contributed by atoms with Crippen LogP contribution in [0.5, 0.6) is 0 Å². The first-order valence-corrected chi connectivity index (χ1v) is 6.41. The van der Waals surface area contributed by atoms with Gasteiger partial charge in [0, 0.05) is 0 Å². The van der Waals surface area contributed by atoms with Gasteiger partial charge in [0.25, 0.3) is 5.56 Å². The van der Waals surface area contributed by atoms with Gasteiger partial charge in [-0.1, -0.05) is 0 Å². The van der Waals surface area contributed by atoms with Crippen molar-refractivity contribution in [2.45, 2.75) is 38.4 Å². The minimum Gasteiger partial charge on any atom is -0.369 e. The molecule has 21 heavy (non-hydrogen) atoms. The Bertz CT molecular complexity index is 750. The molecule has 1 saturated heterocycles. The molecule has 1 aliphatic rings. The van der Waals surface area contributed by atoms with Gasteiger partial charge in [-0.25, -0.2) is 4.98 Å². The Morgan fingerprint density at radius 3 is 3.00 bits per heavy atom. The minimum atomic E-state index is -0.837. The van der Waals surface area contributed by atoms with Crippen molar-refractivity contribution in [1.82, 2.24) is 19.5 Å². The number of aromatic nitrogens is 4. The van der Waals surface area contributed by atoms with Crippen LogP contribution in [-0.4, -0.2) is 43.8 Å². The second-order valence-corrected chi connectivity index (χ2v) is 5.29. The van der Waals surface area contributed by atoms with Crippen LogP contribution in [-0.2, 0) is 20.8 Å². The number of aldehydes is 1. The van der Waals surface area contributed by atoms with Crippen molar-refractivity contribution in [3.05, 3.63) is 16.7 Å². The lowest BCUT2D eigenvalue weighted by Crippen LogP contribution is -2.28. The van der Waals surface area contributed by atoms with Gasteiger partial charge in [-0.2, -0.15) is 4.98 Å². The SMILES string of the molecule is CC1(C)O[C@@H](Cn2cnc3c(=O)[nH]c(N)nc32)[C@@H](C=O)O1. The summed E-state index contributed by atoms with van der Waals surface area (Å²) >= 11 is 0. The maximum Gasteiger partial charge on any atom is 0.280 e. The van der Waals surface area contributed by atoms with Gasteiger partial charge in [0.15, 0.2) is 23.2 Å². The number of nitrogen functional groups attached to an aromatic ring is 1. The van der Waals surface area contributed by atoms with Gasteiger partial charge in [0.2, 0.25) is 5.95 Å². The van der Waals surface area contributed by atoms with Crippen molar-refractivity contribution >= 4 is 23.4 Å². The molecule has 0 aromatic carbocycles. The van der Waals surface area contributed by atoms with Gasteiger partial charge in [0.05, 0.1) is 12.9 Å². The Labute approximate surface area is 119 Å². The predicted molar refractivity (Wildman–Crippen MR) is 72.5 cm³/mol. The lowest BCUT2D eigenvalue weighted by Gasteiger charge is -2.17. The number of imidazole rings is 1. The van der Waals surface area contributed by atoms with Crippen molar-refractivity contribution in [1.29, 1.82) is 0 Å². The first kappa shape index (κ1) is 13.7. The maximum atomic E-state index is 11.7. The number of H-pyrrole nitrogens is 1. The molecule has 0 spiro atoms. The van der Waals surface area contributed by atoms with E-state index in [0.29, 0.717) is 11.9 Å². The summed E-state index contributed by atoms with van der Waals surface area (Å²) in [5, 5.41) is 0. The molecule has 0 aliphatic carbocycles. The summed E-state index contributed by atoms with van der Waals surface area (Å²) in [6.45, 7) is 3.74. The Morgan fingerprint density at radius 1 is 1.52 bits per heavy atom. The van der Waals surface area contributed by atoms with E-state index in [0.717, 1.165) is 0 Å². The summed E-state index contributed by atoms with van der Waals surface area (Å²) in [6, 6.07) is 0. The molecular formula is C12H15N5O4. The summed E-state index contributed by atoms with van der Waals surface area (Å²) < 4.78 is 12.8. The number of hydrogen-bond acceptors (Lipinski definition) is 7. The molecule has 9 heteroatoms. The van der Waals surface area contributed by atoms with Crippen LogP contribution < -0.4 is 11.3 Å². The molecule has 9 nitrogen and oxygen atoms in total. The van der Waals surface area contributed by atoms with Crippen LogP contribution in [0.3, 0.4) is 0 Å². The van der Waals surface area contributed by atoms with Gasteiger partial charge in [-0.05, 0) is 13.8 Å². The summed E-state index contributed by atoms with van der Waals surface area (Å²) in [7, 11) is 0. The zero-order valence-corrected chi connectivity index (χ0v) is 11.6. The van der Waals surface area contributed by atoms with E-state index < -0.39 is 23.6 Å². The van der Waals surface area contributed by atoms with Crippen LogP contribution in [0.1, 0.15) is 13.8 Å². The van der Waals surface area contributed by atoms with Crippen LogP contribution in [0.25, 0.3) is 11.2 Å². The van der Waals surface area contributed by atoms with Gasteiger partial charge in [0.1, 0.15) is 12.2 Å². The van der Waals surface area contributed by atoms with Crippen LogP contribution >= 0.6 is 0 Å². The quantitative estimate of drug-likeness (QED) is 0.725. The fraction of sp³-hybridized carbons (Fsp3) is 0.500. The molecule has 3 heterocycles. The molecule has 112 valence electrons. The van der Waals surface area contributed by atoms with Gasteiger partial charge in [-0.3, -0.25) is 9.78 Å². The molecule has 2 aromatic rings. The highest BCUT2D eigenvalue weighted by Gasteiger charge is 2.41. The molecule has 3 N–H and O–H groups in total. The van der Waals surface area contributed by atoms with E-state index in [-0.39, 0.29) is 18.0 Å². The number of anilines is 1. The van der Waals surface area contributed by atoms with Crippen molar-refractivity contribution in [3.8, 4) is 0 Å². The Hall–Kier alpha value is -2.26. The van der Waals surface area contributed by atoms with E-state index in [1.165, 1.54) is 6.33 Å². The third-order valence-electron chi connectivity index (χ3n) is 3.23. The average Bonchev–Trinajstić information content (AvgIpc) is 2.91. The standard InChI is InChI=1S/C12H15N5O4/c1-12(2)20-6(7(4-18)21-12)3-17-5-14-8-9(17)15-11(13)16-10(8)19/h4-7H,3H2,1-2H3,(H3,13,15,16,19)/t6-,7+/m0/s1. The lowest BCUT2D eigenvalue weighted by atomic mass is 10.2. The van der Waals surface area contributed by atoms with Crippen LogP contribution in [0.15, 0.2) is 11.1 Å². The fourth-order valence-electron chi connectivity index (χ4n) is 2.42. The fourth-order valence-corrected chi connectivity index (χ4v) is 2.42. The van der Waals surface area contributed by atoms with Gasteiger partial charge >= 0.3 is 0 Å². The highest BCUT2D eigenvalue weighted by molar-refractivity contribution is 5.70. The monoisotopic (exact) mass is 293 g/mol. The van der Waals surface area contributed by atoms with E-state index in [4.69, 9.17) is 15.2 Å². The number of carbonyl (C=O) groups is 1. The second kappa shape index (κ2) is 4.64. The van der Waals surface area contributed by atoms with Gasteiger partial charge in [-0.15, -0.1) is 0 Å². The number of ether oxygens (including phenoxy) is 2. The number of rotatable bonds is 3. The first-order valence-electron chi connectivity index (χ1n) is 6.41. The number of hydrogen-bond donors (Lipinski definition) is 2. The Balaban J connectivity index is 1.95. The van der Waals surface area contributed by atoms with E-state index in [1.807, 2.05) is 0 Å². The number of carbonyl (C=O) groups excluding carboxylic acids is 1. The summed E-state index contributed by atoms with van der Waals surface area (Å²) in [6.07, 6.45) is 0.991. The molecule has 2 atom stereocenters. The van der Waals surface area contributed by atoms with Crippen molar-refractivity contribution in [2.24, 2.45) is 0 Å². The molecule has 1 fully saturated rings. The zero-order valence-electron chi connectivity index (χ0n) is 11.6. The zero-order chi connectivity index (χ0) is 15.2. The molecule has 0 radical (unpaired) electrons. The highest BCUT2D eigenvalue weighted by atomic mass is 16.8. The molecule has 0 saturated carbocycles. The lowest BCUT2D eigenvalue weighted by molar-refractivity contribution is -0.150. The topological polar surface area (TPSA) is 125 Å². The first-order chi connectivity index (χ1) is 9.89. The maximum absolute atomic E-state index is 11.7. The number of nitrogens with zero attached hydrogens (tertiary/aromatic N) is 3. The minimum absolute atomic E-state index is 0.00473. The van der Waals surface area contributed by atoms with Gasteiger partial charge < -0.3 is 24.6 Å². The number of nitrogens with two attached hydrogens (primary N) is 1. The Kier molecular flexibility index (Phi) is 3.03. The number of aromatic amines is 1. The molecule has 0 bridgehead atoms. The molecule has 2 aromatic heterocycles. The summed E-state index contributed by atoms with van der Waals surface area (Å²) in [5.41, 5.74) is 5.65. The van der Waals surface area contributed by atoms with E-state index in [1.54, 1.807) is 18.4 Å². The molecule has 1 aliphatic heterocycles. The number of nitrogens with one attached hydrogen (secondary N) is 1. The van der Waals surface area contributed by atoms with Crippen LogP contribution in [0, 0.1) is 0 Å². The van der Waals surface area contributed by atoms with Crippen molar-refractivity contribution in [2.75, 3.05) is 5.73 Å². The largest absolute Gasteiger partial charge is 0.369 e. The predicted octanol–water partition coefficient (Wildman–Crippen LogP) is -0.579. The summed E-state index contributed by atoms with van der Waals surface area (Å²) in [5.74, 6) is -0.832. The van der Waals surface area contributed by atoms with Crippen LogP contribution in [0.2, 0.25) is 0 Å². The normalized spacial score (nSPS) is 24.5. The van der Waals surface area contributed by atoms with E-state index in [9.17, 15) is 9.59 Å². The van der Waals surface area contributed by atoms with Crippen molar-refractivity contribution in [3.63, 3.8) is 0 Å². The van der Waals surface area contributed by atoms with E-state index in [2.05, 4.69) is 15.0 Å². The molecule has 0 unspecified atom stereocenters. The third kappa shape index (κ3) is 2.41. The van der Waals surface area contributed by atoms with Crippen LogP contribution in [0.4, 0.5) is 5.95 Å². The second-order valence-electron chi connectivity index (χ2n) is 5.29. The third-order valence-corrected chi connectivity index (χ3v) is 3.23. The van der Waals surface area contributed by atoms with E-state index >= 15 is 0 Å². The number of fused-ring (bicyclic) bond motifs is 1. The smallest absolute Gasteiger partial charge is 0.280 e. The highest BCUT2D eigenvalue weighted by Crippen LogP contribution is 2.28.